The first-order valence-corrected chi connectivity index (χ1v) is 8.30. The lowest BCUT2D eigenvalue weighted by Gasteiger charge is -2.08. The van der Waals surface area contributed by atoms with E-state index in [4.69, 9.17) is 39.6 Å². The molecule has 0 bridgehead atoms. The molecule has 0 unspecified atom stereocenters. The molecule has 0 atom stereocenters. The third-order valence-electron chi connectivity index (χ3n) is 2.58. The smallest absolute Gasteiger partial charge is 0.302 e. The molecule has 0 aromatic heterocycles. The van der Waals surface area contributed by atoms with E-state index in [2.05, 4.69) is 5.92 Å². The second-order valence-corrected chi connectivity index (χ2v) is 4.66. The van der Waals surface area contributed by atoms with Crippen LogP contribution in [0.4, 0.5) is 0 Å². The summed E-state index contributed by atoms with van der Waals surface area (Å²) in [6.07, 6.45) is 5.04. The van der Waals surface area contributed by atoms with E-state index in [1.807, 2.05) is 0 Å². The minimum atomic E-state index is -0.306. The molecule has 0 aromatic carbocycles. The van der Waals surface area contributed by atoms with Crippen molar-refractivity contribution in [1.82, 2.24) is 0 Å². The van der Waals surface area contributed by atoms with E-state index in [1.165, 1.54) is 6.92 Å². The number of hydrogen-bond donors (Lipinski definition) is 0. The Morgan fingerprint density at radius 2 is 0.960 bits per heavy atom. The first kappa shape index (κ1) is 23.8. The number of terminal acetylenes is 1. The standard InChI is InChI=1S/C17H30O8/c1-3-4-19-5-6-20-7-8-21-9-10-22-11-12-23-13-14-24-15-16-25-17(2)18/h1H,4-16H2,2H3. The Hall–Kier alpha value is -1.21. The maximum Gasteiger partial charge on any atom is 0.302 e. The fraction of sp³-hybridized carbons (Fsp3) is 0.824. The SMILES string of the molecule is C#CCOCCOCCOCCOCCOCCOCCOC(C)=O. The van der Waals surface area contributed by atoms with Crippen LogP contribution in [0.5, 0.6) is 0 Å². The summed E-state index contributed by atoms with van der Waals surface area (Å²) in [4.78, 5) is 10.5. The van der Waals surface area contributed by atoms with Crippen LogP contribution in [0.15, 0.2) is 0 Å². The van der Waals surface area contributed by atoms with Gasteiger partial charge in [-0.25, -0.2) is 0 Å². The third kappa shape index (κ3) is 22.8. The molecule has 0 amide bonds. The van der Waals surface area contributed by atoms with Crippen LogP contribution in [0.2, 0.25) is 0 Å². The predicted molar refractivity (Wildman–Crippen MR) is 90.4 cm³/mol. The van der Waals surface area contributed by atoms with E-state index in [0.29, 0.717) is 79.3 Å². The lowest BCUT2D eigenvalue weighted by atomic mass is 10.6. The van der Waals surface area contributed by atoms with E-state index in [9.17, 15) is 4.79 Å². The molecule has 25 heavy (non-hydrogen) atoms. The summed E-state index contributed by atoms with van der Waals surface area (Å²) in [6, 6.07) is 0. The van der Waals surface area contributed by atoms with Gasteiger partial charge in [0, 0.05) is 6.92 Å². The van der Waals surface area contributed by atoms with Gasteiger partial charge in [-0.05, 0) is 0 Å². The van der Waals surface area contributed by atoms with Gasteiger partial charge in [-0.15, -0.1) is 6.42 Å². The summed E-state index contributed by atoms with van der Waals surface area (Å²) < 4.78 is 36.3. The van der Waals surface area contributed by atoms with Gasteiger partial charge >= 0.3 is 5.97 Å². The quantitative estimate of drug-likeness (QED) is 0.184. The van der Waals surface area contributed by atoms with Gasteiger partial charge in [-0.1, -0.05) is 5.92 Å². The average Bonchev–Trinajstić information content (AvgIpc) is 2.60. The molecule has 0 radical (unpaired) electrons. The molecular formula is C17H30O8. The number of esters is 1. The van der Waals surface area contributed by atoms with Crippen molar-refractivity contribution in [2.75, 3.05) is 85.9 Å². The maximum atomic E-state index is 10.5. The van der Waals surface area contributed by atoms with Crippen LogP contribution in [0.25, 0.3) is 0 Å². The lowest BCUT2D eigenvalue weighted by Crippen LogP contribution is -2.14. The van der Waals surface area contributed by atoms with Crippen molar-refractivity contribution in [1.29, 1.82) is 0 Å². The number of hydrogen-bond acceptors (Lipinski definition) is 8. The van der Waals surface area contributed by atoms with Gasteiger partial charge < -0.3 is 33.2 Å². The predicted octanol–water partition coefficient (Wildman–Crippen LogP) is 0.282. The maximum absolute atomic E-state index is 10.5. The number of ether oxygens (including phenoxy) is 7. The molecular weight excluding hydrogens is 332 g/mol. The summed E-state index contributed by atoms with van der Waals surface area (Å²) in [6.45, 7) is 7.28. The van der Waals surface area contributed by atoms with E-state index in [0.717, 1.165) is 0 Å². The van der Waals surface area contributed by atoms with Crippen molar-refractivity contribution in [3.05, 3.63) is 0 Å². The average molecular weight is 362 g/mol. The topological polar surface area (TPSA) is 81.7 Å². The van der Waals surface area contributed by atoms with Gasteiger partial charge in [0.05, 0.1) is 72.7 Å². The molecule has 0 saturated heterocycles. The van der Waals surface area contributed by atoms with Crippen LogP contribution >= 0.6 is 0 Å². The fourth-order valence-electron chi connectivity index (χ4n) is 1.47. The Labute approximate surface area is 150 Å². The second-order valence-electron chi connectivity index (χ2n) is 4.66. The van der Waals surface area contributed by atoms with Crippen molar-refractivity contribution in [2.45, 2.75) is 6.92 Å². The van der Waals surface area contributed by atoms with Crippen LogP contribution in [0.1, 0.15) is 6.92 Å². The third-order valence-corrected chi connectivity index (χ3v) is 2.58. The molecule has 0 aliphatic carbocycles. The molecule has 0 aliphatic heterocycles. The Kier molecular flexibility index (Phi) is 19.8. The van der Waals surface area contributed by atoms with Gasteiger partial charge in [0.15, 0.2) is 0 Å². The fourth-order valence-corrected chi connectivity index (χ4v) is 1.47. The largest absolute Gasteiger partial charge is 0.463 e. The molecule has 8 heteroatoms. The lowest BCUT2D eigenvalue weighted by molar-refractivity contribution is -0.142. The normalized spacial score (nSPS) is 10.6. The van der Waals surface area contributed by atoms with Gasteiger partial charge in [0.2, 0.25) is 0 Å². The van der Waals surface area contributed by atoms with Gasteiger partial charge in [-0.3, -0.25) is 4.79 Å². The number of rotatable bonds is 19. The van der Waals surface area contributed by atoms with Crippen molar-refractivity contribution >= 4 is 5.97 Å². The molecule has 0 aliphatic rings. The molecule has 0 aromatic rings. The minimum absolute atomic E-state index is 0.267. The monoisotopic (exact) mass is 362 g/mol. The first-order chi connectivity index (χ1) is 12.3. The van der Waals surface area contributed by atoms with Crippen LogP contribution < -0.4 is 0 Å². The summed E-state index contributed by atoms with van der Waals surface area (Å²) in [5.74, 6) is 2.08. The molecule has 0 saturated carbocycles. The number of carbonyl (C=O) groups is 1. The number of carbonyl (C=O) groups excluding carboxylic acids is 1. The van der Waals surface area contributed by atoms with Crippen LogP contribution in [0.3, 0.4) is 0 Å². The molecule has 0 rings (SSSR count). The molecule has 0 fully saturated rings. The molecule has 0 N–H and O–H groups in total. The van der Waals surface area contributed by atoms with Gasteiger partial charge in [0.1, 0.15) is 13.2 Å². The summed E-state index contributed by atoms with van der Waals surface area (Å²) in [5, 5.41) is 0. The molecule has 0 spiro atoms. The molecule has 0 heterocycles. The Bertz CT molecular complexity index is 329. The Balaban J connectivity index is 2.98. The van der Waals surface area contributed by atoms with Crippen molar-refractivity contribution in [3.63, 3.8) is 0 Å². The summed E-state index contributed by atoms with van der Waals surface area (Å²) >= 11 is 0. The van der Waals surface area contributed by atoms with Crippen molar-refractivity contribution in [2.24, 2.45) is 0 Å². The highest BCUT2D eigenvalue weighted by molar-refractivity contribution is 5.65. The Morgan fingerprint density at radius 1 is 0.640 bits per heavy atom. The van der Waals surface area contributed by atoms with E-state index in [1.54, 1.807) is 0 Å². The first-order valence-electron chi connectivity index (χ1n) is 8.30. The zero-order valence-corrected chi connectivity index (χ0v) is 15.0. The second kappa shape index (κ2) is 20.8. The van der Waals surface area contributed by atoms with Crippen molar-refractivity contribution in [3.8, 4) is 12.3 Å². The highest BCUT2D eigenvalue weighted by atomic mass is 16.6. The minimum Gasteiger partial charge on any atom is -0.463 e. The van der Waals surface area contributed by atoms with Gasteiger partial charge in [-0.2, -0.15) is 0 Å². The summed E-state index contributed by atoms with van der Waals surface area (Å²) in [7, 11) is 0. The van der Waals surface area contributed by atoms with Crippen molar-refractivity contribution < 1.29 is 38.0 Å². The van der Waals surface area contributed by atoms with Crippen LogP contribution in [-0.2, 0) is 38.0 Å². The van der Waals surface area contributed by atoms with E-state index >= 15 is 0 Å². The zero-order chi connectivity index (χ0) is 18.4. The molecule has 8 nitrogen and oxygen atoms in total. The van der Waals surface area contributed by atoms with E-state index < -0.39 is 0 Å². The van der Waals surface area contributed by atoms with Gasteiger partial charge in [0.25, 0.3) is 0 Å². The molecule has 146 valence electrons. The Morgan fingerprint density at radius 3 is 1.28 bits per heavy atom. The highest BCUT2D eigenvalue weighted by Gasteiger charge is 1.95. The zero-order valence-electron chi connectivity index (χ0n) is 15.0. The summed E-state index contributed by atoms with van der Waals surface area (Å²) in [5.41, 5.74) is 0. The van der Waals surface area contributed by atoms with Crippen LogP contribution in [0, 0.1) is 12.3 Å². The van der Waals surface area contributed by atoms with E-state index in [-0.39, 0.29) is 12.6 Å². The highest BCUT2D eigenvalue weighted by Crippen LogP contribution is 1.85. The van der Waals surface area contributed by atoms with Crippen LogP contribution in [-0.4, -0.2) is 91.9 Å².